The van der Waals surface area contributed by atoms with E-state index in [1.807, 2.05) is 30.3 Å². The third-order valence-electron chi connectivity index (χ3n) is 2.07. The van der Waals surface area contributed by atoms with Crippen molar-refractivity contribution in [3.8, 4) is 5.75 Å². The summed E-state index contributed by atoms with van der Waals surface area (Å²) in [7, 11) is 3.48. The smallest absolute Gasteiger partial charge is 0.236 e. The summed E-state index contributed by atoms with van der Waals surface area (Å²) in [6.45, 7) is 1.57. The lowest BCUT2D eigenvalue weighted by Crippen LogP contribution is -2.34. The van der Waals surface area contributed by atoms with Gasteiger partial charge in [0, 0.05) is 20.6 Å². The Labute approximate surface area is 96.2 Å². The third-order valence-corrected chi connectivity index (χ3v) is 2.07. The molecular formula is C12H18N2O2. The molecule has 88 valence electrons. The quantitative estimate of drug-likeness (QED) is 0.722. The molecule has 1 rings (SSSR count). The van der Waals surface area contributed by atoms with Crippen molar-refractivity contribution in [2.24, 2.45) is 0 Å². The highest BCUT2D eigenvalue weighted by atomic mass is 16.5. The maximum atomic E-state index is 11.2. The van der Waals surface area contributed by atoms with E-state index >= 15 is 0 Å². The number of hydrogen-bond acceptors (Lipinski definition) is 3. The van der Waals surface area contributed by atoms with E-state index in [0.717, 1.165) is 5.75 Å². The van der Waals surface area contributed by atoms with Gasteiger partial charge in [-0.3, -0.25) is 4.79 Å². The second kappa shape index (κ2) is 6.85. The van der Waals surface area contributed by atoms with Gasteiger partial charge in [-0.1, -0.05) is 18.2 Å². The number of hydrogen-bond donors (Lipinski definition) is 1. The van der Waals surface area contributed by atoms with Crippen molar-refractivity contribution < 1.29 is 9.53 Å². The highest BCUT2D eigenvalue weighted by Crippen LogP contribution is 2.07. The number of nitrogens with one attached hydrogen (secondary N) is 1. The molecule has 1 aromatic carbocycles. The molecule has 1 amide bonds. The molecule has 0 fully saturated rings. The van der Waals surface area contributed by atoms with Crippen molar-refractivity contribution in [2.45, 2.75) is 0 Å². The first-order valence-corrected chi connectivity index (χ1v) is 5.29. The Morgan fingerprint density at radius 2 is 2.00 bits per heavy atom. The molecule has 0 atom stereocenters. The van der Waals surface area contributed by atoms with E-state index in [0.29, 0.717) is 19.7 Å². The predicted octanol–water partition coefficient (Wildman–Crippen LogP) is 0.743. The molecule has 0 aliphatic heterocycles. The molecule has 4 heteroatoms. The van der Waals surface area contributed by atoms with E-state index in [1.54, 1.807) is 19.0 Å². The summed E-state index contributed by atoms with van der Waals surface area (Å²) in [6.07, 6.45) is 0. The van der Waals surface area contributed by atoms with Crippen LogP contribution in [0.5, 0.6) is 5.75 Å². The molecule has 4 nitrogen and oxygen atoms in total. The molecule has 0 saturated carbocycles. The molecule has 0 unspecified atom stereocenters. The number of ether oxygens (including phenoxy) is 1. The van der Waals surface area contributed by atoms with E-state index < -0.39 is 0 Å². The fourth-order valence-corrected chi connectivity index (χ4v) is 1.11. The van der Waals surface area contributed by atoms with E-state index in [2.05, 4.69) is 5.32 Å². The van der Waals surface area contributed by atoms with Gasteiger partial charge in [-0.05, 0) is 12.1 Å². The Bertz CT molecular complexity index is 312. The molecule has 0 saturated heterocycles. The minimum atomic E-state index is 0.0692. The van der Waals surface area contributed by atoms with Crippen LogP contribution in [0.3, 0.4) is 0 Å². The lowest BCUT2D eigenvalue weighted by Gasteiger charge is -2.11. The largest absolute Gasteiger partial charge is 0.492 e. The SMILES string of the molecule is CN(C)C(=O)CNCCOc1ccccc1. The molecule has 0 aliphatic carbocycles. The predicted molar refractivity (Wildman–Crippen MR) is 63.5 cm³/mol. The second-order valence-corrected chi connectivity index (χ2v) is 3.63. The summed E-state index contributed by atoms with van der Waals surface area (Å²) in [4.78, 5) is 12.8. The summed E-state index contributed by atoms with van der Waals surface area (Å²) in [5.41, 5.74) is 0. The van der Waals surface area contributed by atoms with Crippen LogP contribution < -0.4 is 10.1 Å². The van der Waals surface area contributed by atoms with Crippen molar-refractivity contribution in [1.29, 1.82) is 0 Å². The van der Waals surface area contributed by atoms with Crippen molar-refractivity contribution >= 4 is 5.91 Å². The second-order valence-electron chi connectivity index (χ2n) is 3.63. The Morgan fingerprint density at radius 1 is 1.31 bits per heavy atom. The molecule has 0 aliphatic rings. The van der Waals surface area contributed by atoms with Crippen LogP contribution in [-0.2, 0) is 4.79 Å². The number of carbonyl (C=O) groups excluding carboxylic acids is 1. The number of para-hydroxylation sites is 1. The van der Waals surface area contributed by atoms with E-state index in [4.69, 9.17) is 4.74 Å². The Hall–Kier alpha value is -1.55. The van der Waals surface area contributed by atoms with Crippen LogP contribution in [-0.4, -0.2) is 44.6 Å². The van der Waals surface area contributed by atoms with Gasteiger partial charge < -0.3 is 15.0 Å². The van der Waals surface area contributed by atoms with Gasteiger partial charge in [0.2, 0.25) is 5.91 Å². The maximum absolute atomic E-state index is 11.2. The molecule has 16 heavy (non-hydrogen) atoms. The van der Waals surface area contributed by atoms with Crippen LogP contribution in [0.1, 0.15) is 0 Å². The van der Waals surface area contributed by atoms with Crippen LogP contribution in [0.4, 0.5) is 0 Å². The normalized spacial score (nSPS) is 9.88. The van der Waals surface area contributed by atoms with Crippen LogP contribution >= 0.6 is 0 Å². The number of amides is 1. The van der Waals surface area contributed by atoms with Gasteiger partial charge >= 0.3 is 0 Å². The Kier molecular flexibility index (Phi) is 5.36. The summed E-state index contributed by atoms with van der Waals surface area (Å²) >= 11 is 0. The fraction of sp³-hybridized carbons (Fsp3) is 0.417. The Morgan fingerprint density at radius 3 is 2.62 bits per heavy atom. The molecule has 1 aromatic rings. The summed E-state index contributed by atoms with van der Waals surface area (Å²) in [5, 5.41) is 3.02. The summed E-state index contributed by atoms with van der Waals surface area (Å²) in [5.74, 6) is 0.919. The van der Waals surface area contributed by atoms with Gasteiger partial charge in [0.05, 0.1) is 6.54 Å². The van der Waals surface area contributed by atoms with Crippen LogP contribution in [0, 0.1) is 0 Å². The number of nitrogens with zero attached hydrogens (tertiary/aromatic N) is 1. The highest BCUT2D eigenvalue weighted by Gasteiger charge is 2.01. The summed E-state index contributed by atoms with van der Waals surface area (Å²) < 4.78 is 5.46. The highest BCUT2D eigenvalue weighted by molar-refractivity contribution is 5.77. The number of likely N-dealkylation sites (N-methyl/N-ethyl adjacent to an activating group) is 1. The average molecular weight is 222 g/mol. The first-order chi connectivity index (χ1) is 7.70. The molecule has 0 bridgehead atoms. The lowest BCUT2D eigenvalue weighted by molar-refractivity contribution is -0.127. The zero-order valence-electron chi connectivity index (χ0n) is 9.77. The topological polar surface area (TPSA) is 41.6 Å². The van der Waals surface area contributed by atoms with E-state index in [-0.39, 0.29) is 5.91 Å². The van der Waals surface area contributed by atoms with Crippen molar-refractivity contribution in [2.75, 3.05) is 33.8 Å². The third kappa shape index (κ3) is 4.79. The number of carbonyl (C=O) groups is 1. The average Bonchev–Trinajstić information content (AvgIpc) is 2.29. The van der Waals surface area contributed by atoms with Gasteiger partial charge in [0.25, 0.3) is 0 Å². The zero-order valence-corrected chi connectivity index (χ0v) is 9.77. The van der Waals surface area contributed by atoms with Crippen molar-refractivity contribution in [1.82, 2.24) is 10.2 Å². The molecular weight excluding hydrogens is 204 g/mol. The maximum Gasteiger partial charge on any atom is 0.236 e. The van der Waals surface area contributed by atoms with Crippen LogP contribution in [0.15, 0.2) is 30.3 Å². The van der Waals surface area contributed by atoms with E-state index in [1.165, 1.54) is 0 Å². The zero-order chi connectivity index (χ0) is 11.8. The summed E-state index contributed by atoms with van der Waals surface area (Å²) in [6, 6.07) is 9.62. The molecule has 0 heterocycles. The van der Waals surface area contributed by atoms with E-state index in [9.17, 15) is 4.79 Å². The standard InChI is InChI=1S/C12H18N2O2/c1-14(2)12(15)10-13-8-9-16-11-6-4-3-5-7-11/h3-7,13H,8-10H2,1-2H3. The van der Waals surface area contributed by atoms with Gasteiger partial charge in [-0.25, -0.2) is 0 Å². The molecule has 0 radical (unpaired) electrons. The molecule has 0 spiro atoms. The number of benzene rings is 1. The Balaban J connectivity index is 2.07. The van der Waals surface area contributed by atoms with Gasteiger partial charge in [-0.15, -0.1) is 0 Å². The minimum Gasteiger partial charge on any atom is -0.492 e. The first kappa shape index (κ1) is 12.5. The van der Waals surface area contributed by atoms with Crippen LogP contribution in [0.2, 0.25) is 0 Å². The minimum absolute atomic E-state index is 0.0692. The van der Waals surface area contributed by atoms with Crippen LogP contribution in [0.25, 0.3) is 0 Å². The monoisotopic (exact) mass is 222 g/mol. The fourth-order valence-electron chi connectivity index (χ4n) is 1.11. The van der Waals surface area contributed by atoms with Gasteiger partial charge in [0.15, 0.2) is 0 Å². The van der Waals surface area contributed by atoms with Gasteiger partial charge in [0.1, 0.15) is 12.4 Å². The first-order valence-electron chi connectivity index (χ1n) is 5.29. The van der Waals surface area contributed by atoms with Crippen molar-refractivity contribution in [3.63, 3.8) is 0 Å². The number of rotatable bonds is 6. The lowest BCUT2D eigenvalue weighted by atomic mass is 10.3. The van der Waals surface area contributed by atoms with Crippen molar-refractivity contribution in [3.05, 3.63) is 30.3 Å². The van der Waals surface area contributed by atoms with Gasteiger partial charge in [-0.2, -0.15) is 0 Å². The molecule has 0 aromatic heterocycles. The molecule has 1 N–H and O–H groups in total.